The molecule has 33 heavy (non-hydrogen) atoms. The SMILES string of the molecule is O=C(OC1CCC(n2c(=O)[nH]c3cnc(-n4cnc5ccccc54)nc32)CC1)n1ccnc1. The second kappa shape index (κ2) is 7.69. The van der Waals surface area contributed by atoms with Gasteiger partial charge in [-0.3, -0.25) is 9.13 Å². The number of aromatic amines is 1. The minimum atomic E-state index is -0.440. The number of aromatic nitrogens is 8. The molecule has 6 rings (SSSR count). The molecule has 1 aromatic carbocycles. The van der Waals surface area contributed by atoms with Gasteiger partial charge in [-0.25, -0.2) is 29.1 Å². The first-order valence-corrected chi connectivity index (χ1v) is 10.8. The molecule has 0 atom stereocenters. The van der Waals surface area contributed by atoms with Gasteiger partial charge >= 0.3 is 11.8 Å². The van der Waals surface area contributed by atoms with Crippen LogP contribution in [0.5, 0.6) is 0 Å². The molecule has 1 fully saturated rings. The van der Waals surface area contributed by atoms with Gasteiger partial charge in [0.25, 0.3) is 0 Å². The van der Waals surface area contributed by atoms with Crippen LogP contribution in [0.2, 0.25) is 0 Å². The number of ether oxygens (including phenoxy) is 1. The maximum atomic E-state index is 12.8. The van der Waals surface area contributed by atoms with E-state index in [9.17, 15) is 9.59 Å². The normalized spacial score (nSPS) is 18.7. The average molecular weight is 444 g/mol. The lowest BCUT2D eigenvalue weighted by Crippen LogP contribution is -2.31. The molecule has 11 heteroatoms. The number of hydrogen-bond acceptors (Lipinski definition) is 7. The highest BCUT2D eigenvalue weighted by Gasteiger charge is 2.28. The van der Waals surface area contributed by atoms with Gasteiger partial charge in [0.2, 0.25) is 5.95 Å². The van der Waals surface area contributed by atoms with Crippen molar-refractivity contribution in [3.63, 3.8) is 0 Å². The van der Waals surface area contributed by atoms with Crippen molar-refractivity contribution in [2.24, 2.45) is 0 Å². The second-order valence-electron chi connectivity index (χ2n) is 8.09. The number of benzene rings is 1. The van der Waals surface area contributed by atoms with Gasteiger partial charge in [-0.1, -0.05) is 12.1 Å². The fourth-order valence-corrected chi connectivity index (χ4v) is 4.47. The number of nitrogens with zero attached hydrogens (tertiary/aromatic N) is 7. The van der Waals surface area contributed by atoms with Gasteiger partial charge < -0.3 is 9.72 Å². The Morgan fingerprint density at radius 1 is 1.09 bits per heavy atom. The first-order valence-electron chi connectivity index (χ1n) is 10.8. The van der Waals surface area contributed by atoms with Gasteiger partial charge in [0.05, 0.1) is 17.2 Å². The van der Waals surface area contributed by atoms with E-state index in [-0.39, 0.29) is 17.8 Å². The summed E-state index contributed by atoms with van der Waals surface area (Å²) in [6.07, 6.45) is 9.89. The van der Waals surface area contributed by atoms with Crippen LogP contribution < -0.4 is 5.69 Å². The second-order valence-corrected chi connectivity index (χ2v) is 8.09. The van der Waals surface area contributed by atoms with Crippen molar-refractivity contribution in [1.29, 1.82) is 0 Å². The third kappa shape index (κ3) is 3.37. The summed E-state index contributed by atoms with van der Waals surface area (Å²) in [7, 11) is 0. The summed E-state index contributed by atoms with van der Waals surface area (Å²) >= 11 is 0. The molecule has 5 aromatic rings. The van der Waals surface area contributed by atoms with Crippen LogP contribution in [0.1, 0.15) is 31.7 Å². The monoisotopic (exact) mass is 444 g/mol. The molecule has 0 amide bonds. The fourth-order valence-electron chi connectivity index (χ4n) is 4.47. The van der Waals surface area contributed by atoms with Gasteiger partial charge in [-0.15, -0.1) is 0 Å². The molecular formula is C22H20N8O3. The van der Waals surface area contributed by atoms with Crippen molar-refractivity contribution in [2.45, 2.75) is 37.8 Å². The summed E-state index contributed by atoms with van der Waals surface area (Å²) in [4.78, 5) is 45.2. The minimum Gasteiger partial charge on any atom is -0.446 e. The van der Waals surface area contributed by atoms with Crippen LogP contribution in [0.15, 0.2) is 60.3 Å². The fraction of sp³-hybridized carbons (Fsp3) is 0.273. The van der Waals surface area contributed by atoms with Crippen molar-refractivity contribution in [3.05, 3.63) is 66.0 Å². The van der Waals surface area contributed by atoms with Crippen LogP contribution in [0, 0.1) is 0 Å². The number of H-pyrrole nitrogens is 1. The van der Waals surface area contributed by atoms with E-state index in [2.05, 4.69) is 19.9 Å². The molecule has 0 radical (unpaired) electrons. The number of nitrogens with one attached hydrogen (secondary N) is 1. The van der Waals surface area contributed by atoms with E-state index < -0.39 is 6.09 Å². The van der Waals surface area contributed by atoms with Crippen LogP contribution in [0.3, 0.4) is 0 Å². The van der Waals surface area contributed by atoms with Gasteiger partial charge in [-0.2, -0.15) is 4.98 Å². The Hall–Kier alpha value is -4.28. The third-order valence-corrected chi connectivity index (χ3v) is 6.11. The summed E-state index contributed by atoms with van der Waals surface area (Å²) in [6, 6.07) is 7.69. The van der Waals surface area contributed by atoms with E-state index in [1.165, 1.54) is 17.1 Å². The highest BCUT2D eigenvalue weighted by Crippen LogP contribution is 2.31. The van der Waals surface area contributed by atoms with Gasteiger partial charge in [0.1, 0.15) is 24.3 Å². The summed E-state index contributed by atoms with van der Waals surface area (Å²) in [5.41, 5.74) is 2.66. The first kappa shape index (κ1) is 19.4. The Bertz CT molecular complexity index is 1510. The Labute approximate surface area is 186 Å². The molecule has 166 valence electrons. The summed E-state index contributed by atoms with van der Waals surface area (Å²) in [5.74, 6) is 0.451. The van der Waals surface area contributed by atoms with E-state index >= 15 is 0 Å². The van der Waals surface area contributed by atoms with Crippen molar-refractivity contribution in [2.75, 3.05) is 0 Å². The summed E-state index contributed by atoms with van der Waals surface area (Å²) < 4.78 is 10.4. The molecule has 11 nitrogen and oxygen atoms in total. The van der Waals surface area contributed by atoms with E-state index in [1.54, 1.807) is 23.3 Å². The molecule has 1 N–H and O–H groups in total. The number of hydrogen-bond donors (Lipinski definition) is 1. The molecule has 1 aliphatic rings. The largest absolute Gasteiger partial charge is 0.446 e. The van der Waals surface area contributed by atoms with Crippen molar-refractivity contribution in [3.8, 4) is 5.95 Å². The number of imidazole rings is 3. The lowest BCUT2D eigenvalue weighted by Gasteiger charge is -2.28. The number of para-hydroxylation sites is 2. The van der Waals surface area contributed by atoms with Crippen molar-refractivity contribution < 1.29 is 9.53 Å². The number of carbonyl (C=O) groups is 1. The van der Waals surface area contributed by atoms with Crippen LogP contribution in [-0.2, 0) is 4.74 Å². The van der Waals surface area contributed by atoms with Gasteiger partial charge in [0, 0.05) is 18.4 Å². The highest BCUT2D eigenvalue weighted by atomic mass is 16.6. The smallest absolute Gasteiger partial charge is 0.419 e. The molecule has 1 aliphatic carbocycles. The zero-order valence-corrected chi connectivity index (χ0v) is 17.5. The van der Waals surface area contributed by atoms with Gasteiger partial charge in [0.15, 0.2) is 5.65 Å². The van der Waals surface area contributed by atoms with E-state index in [0.717, 1.165) is 11.0 Å². The number of carbonyl (C=O) groups excluding carboxylic acids is 1. The predicted octanol–water partition coefficient (Wildman–Crippen LogP) is 2.82. The first-order chi connectivity index (χ1) is 16.2. The maximum absolute atomic E-state index is 12.8. The summed E-state index contributed by atoms with van der Waals surface area (Å²) in [5, 5.41) is 0. The van der Waals surface area contributed by atoms with Crippen molar-refractivity contribution in [1.82, 2.24) is 38.6 Å². The topological polar surface area (TPSA) is 126 Å². The lowest BCUT2D eigenvalue weighted by atomic mass is 9.93. The third-order valence-electron chi connectivity index (χ3n) is 6.11. The Morgan fingerprint density at radius 2 is 1.94 bits per heavy atom. The number of fused-ring (bicyclic) bond motifs is 2. The lowest BCUT2D eigenvalue weighted by molar-refractivity contribution is 0.0665. The molecule has 4 aromatic heterocycles. The predicted molar refractivity (Wildman–Crippen MR) is 118 cm³/mol. The quantitative estimate of drug-likeness (QED) is 0.453. The molecule has 4 heterocycles. The Kier molecular flexibility index (Phi) is 4.52. The molecule has 0 bridgehead atoms. The molecule has 1 saturated carbocycles. The van der Waals surface area contributed by atoms with Crippen LogP contribution in [0.4, 0.5) is 4.79 Å². The summed E-state index contributed by atoms with van der Waals surface area (Å²) in [6.45, 7) is 0. The van der Waals surface area contributed by atoms with E-state index in [0.29, 0.717) is 42.8 Å². The molecular weight excluding hydrogens is 424 g/mol. The Morgan fingerprint density at radius 3 is 2.76 bits per heavy atom. The standard InChI is InChI=1S/C22H20N8O3/c31-21-26-17-11-24-20(29-13-25-16-3-1-2-4-18(16)29)27-19(17)30(21)14-5-7-15(8-6-14)33-22(32)28-10-9-23-12-28/h1-4,9-15H,5-8H2,(H,26,31). The zero-order valence-electron chi connectivity index (χ0n) is 17.5. The zero-order chi connectivity index (χ0) is 22.4. The molecule has 0 saturated heterocycles. The minimum absolute atomic E-state index is 0.0447. The number of rotatable bonds is 3. The van der Waals surface area contributed by atoms with Crippen molar-refractivity contribution >= 4 is 28.3 Å². The molecule has 0 aliphatic heterocycles. The van der Waals surface area contributed by atoms with E-state index in [4.69, 9.17) is 9.72 Å². The van der Waals surface area contributed by atoms with Crippen LogP contribution in [-0.4, -0.2) is 50.8 Å². The Balaban J connectivity index is 1.26. The van der Waals surface area contributed by atoms with E-state index in [1.807, 2.05) is 28.8 Å². The average Bonchev–Trinajstić information content (AvgIpc) is 3.57. The van der Waals surface area contributed by atoms with Crippen LogP contribution >= 0.6 is 0 Å². The van der Waals surface area contributed by atoms with Crippen LogP contribution in [0.25, 0.3) is 28.1 Å². The molecule has 0 spiro atoms. The maximum Gasteiger partial charge on any atom is 0.419 e. The molecule has 0 unspecified atom stereocenters. The van der Waals surface area contributed by atoms with Gasteiger partial charge in [-0.05, 0) is 37.8 Å². The highest BCUT2D eigenvalue weighted by molar-refractivity contribution is 5.77.